The molecule has 11 rings (SSSR count). The number of aromatic nitrogens is 1. The molecular weight excluding hydrogens is 757 g/mol. The lowest BCUT2D eigenvalue weighted by Crippen LogP contribution is -2.74. The fourth-order valence-corrected chi connectivity index (χ4v) is 14.0. The molecule has 0 saturated heterocycles. The molecular formula is C57H40N2OSi. The zero-order valence-corrected chi connectivity index (χ0v) is 34.4. The predicted octanol–water partition coefficient (Wildman–Crippen LogP) is 12.3. The van der Waals surface area contributed by atoms with Crippen LogP contribution in [0.25, 0.3) is 55.2 Å². The van der Waals surface area contributed by atoms with Crippen LogP contribution in [0, 0.1) is 0 Å². The first-order chi connectivity index (χ1) is 30.2. The van der Waals surface area contributed by atoms with E-state index in [-0.39, 0.29) is 0 Å². The third kappa shape index (κ3) is 6.42. The van der Waals surface area contributed by atoms with Crippen molar-refractivity contribution in [3.8, 4) is 22.6 Å². The van der Waals surface area contributed by atoms with E-state index in [1.165, 1.54) is 26.3 Å². The molecule has 4 heteroatoms. The predicted molar refractivity (Wildman–Crippen MR) is 258 cm³/mol. The van der Waals surface area contributed by atoms with Crippen LogP contribution in [0.4, 0.5) is 17.1 Å². The minimum absolute atomic E-state index is 0.621. The molecule has 11 aromatic rings. The first-order valence-electron chi connectivity index (χ1n) is 20.8. The lowest BCUT2D eigenvalue weighted by molar-refractivity contribution is 0.623. The molecule has 61 heavy (non-hydrogen) atoms. The lowest BCUT2D eigenvalue weighted by Gasteiger charge is -2.35. The Morgan fingerprint density at radius 3 is 1.48 bits per heavy atom. The van der Waals surface area contributed by atoms with Crippen molar-refractivity contribution in [2.45, 2.75) is 0 Å². The summed E-state index contributed by atoms with van der Waals surface area (Å²) in [7, 11) is -2.82. The highest BCUT2D eigenvalue weighted by atomic mass is 28.3. The van der Waals surface area contributed by atoms with Gasteiger partial charge in [0.1, 0.15) is 5.52 Å². The van der Waals surface area contributed by atoms with Crippen molar-refractivity contribution in [1.29, 1.82) is 0 Å². The number of hydrogen-bond acceptors (Lipinski definition) is 3. The van der Waals surface area contributed by atoms with Gasteiger partial charge in [-0.3, -0.25) is 0 Å². The van der Waals surface area contributed by atoms with E-state index >= 15 is 0 Å². The minimum atomic E-state index is -2.82. The molecule has 0 aliphatic rings. The van der Waals surface area contributed by atoms with Crippen LogP contribution in [0.1, 0.15) is 0 Å². The fourth-order valence-electron chi connectivity index (χ4n) is 9.20. The summed E-state index contributed by atoms with van der Waals surface area (Å²) in [6.07, 6.45) is 0. The smallest absolute Gasteiger partial charge is 0.227 e. The van der Waals surface area contributed by atoms with Crippen molar-refractivity contribution in [2.75, 3.05) is 4.90 Å². The highest BCUT2D eigenvalue weighted by Gasteiger charge is 2.41. The van der Waals surface area contributed by atoms with E-state index in [9.17, 15) is 0 Å². The Labute approximate surface area is 356 Å². The van der Waals surface area contributed by atoms with Gasteiger partial charge >= 0.3 is 0 Å². The van der Waals surface area contributed by atoms with Crippen molar-refractivity contribution in [3.63, 3.8) is 0 Å². The molecule has 0 bridgehead atoms. The van der Waals surface area contributed by atoms with Gasteiger partial charge in [0.25, 0.3) is 0 Å². The van der Waals surface area contributed by atoms with Crippen molar-refractivity contribution in [1.82, 2.24) is 4.98 Å². The lowest BCUT2D eigenvalue weighted by atomic mass is 9.99. The highest BCUT2D eigenvalue weighted by Crippen LogP contribution is 2.41. The van der Waals surface area contributed by atoms with Gasteiger partial charge in [-0.15, -0.1) is 0 Å². The van der Waals surface area contributed by atoms with E-state index < -0.39 is 8.07 Å². The summed E-state index contributed by atoms with van der Waals surface area (Å²) in [4.78, 5) is 7.39. The zero-order chi connectivity index (χ0) is 40.6. The van der Waals surface area contributed by atoms with Gasteiger partial charge in [-0.1, -0.05) is 188 Å². The quantitative estimate of drug-likeness (QED) is 0.0828. The van der Waals surface area contributed by atoms with Crippen LogP contribution in [0.15, 0.2) is 247 Å². The fraction of sp³-hybridized carbons (Fsp3) is 0. The van der Waals surface area contributed by atoms with E-state index in [0.29, 0.717) is 5.89 Å². The molecule has 10 aromatic carbocycles. The van der Waals surface area contributed by atoms with E-state index in [0.717, 1.165) is 60.8 Å². The Kier molecular flexibility index (Phi) is 9.18. The van der Waals surface area contributed by atoms with Crippen LogP contribution in [0.5, 0.6) is 0 Å². The first kappa shape index (κ1) is 36.3. The van der Waals surface area contributed by atoms with Gasteiger partial charge in [-0.2, -0.15) is 0 Å². The summed E-state index contributed by atoms with van der Waals surface area (Å²) < 4.78 is 6.67. The van der Waals surface area contributed by atoms with Gasteiger partial charge in [0, 0.05) is 28.0 Å². The normalized spacial score (nSPS) is 11.6. The average molecular weight is 797 g/mol. The van der Waals surface area contributed by atoms with Crippen LogP contribution in [-0.4, -0.2) is 13.1 Å². The van der Waals surface area contributed by atoms with Gasteiger partial charge in [0.15, 0.2) is 13.7 Å². The molecule has 288 valence electrons. The van der Waals surface area contributed by atoms with Gasteiger partial charge in [0.05, 0.1) is 0 Å². The number of oxazole rings is 1. The third-order valence-electron chi connectivity index (χ3n) is 12.0. The number of hydrogen-bond donors (Lipinski definition) is 0. The van der Waals surface area contributed by atoms with E-state index in [1.807, 2.05) is 30.3 Å². The monoisotopic (exact) mass is 796 g/mol. The number of anilines is 3. The van der Waals surface area contributed by atoms with Crippen LogP contribution in [-0.2, 0) is 0 Å². The topological polar surface area (TPSA) is 29.3 Å². The molecule has 1 heterocycles. The second-order valence-electron chi connectivity index (χ2n) is 15.5. The number of nitrogens with zero attached hydrogens (tertiary/aromatic N) is 2. The van der Waals surface area contributed by atoms with Crippen molar-refractivity contribution in [3.05, 3.63) is 243 Å². The Hall–Kier alpha value is -7.79. The summed E-state index contributed by atoms with van der Waals surface area (Å²) in [5.41, 5.74) is 8.12. The third-order valence-corrected chi connectivity index (χ3v) is 16.8. The molecule has 0 N–H and O–H groups in total. The first-order valence-corrected chi connectivity index (χ1v) is 22.8. The molecule has 0 unspecified atom stereocenters. The summed E-state index contributed by atoms with van der Waals surface area (Å²) in [6, 6.07) is 87.8. The maximum Gasteiger partial charge on any atom is 0.227 e. The molecule has 3 nitrogen and oxygen atoms in total. The summed E-state index contributed by atoms with van der Waals surface area (Å²) in [5, 5.41) is 9.73. The molecule has 0 aliphatic heterocycles. The largest absolute Gasteiger partial charge is 0.435 e. The molecule has 0 atom stereocenters. The minimum Gasteiger partial charge on any atom is -0.435 e. The van der Waals surface area contributed by atoms with E-state index in [4.69, 9.17) is 9.40 Å². The Morgan fingerprint density at radius 1 is 0.361 bits per heavy atom. The van der Waals surface area contributed by atoms with Crippen LogP contribution in [0.3, 0.4) is 0 Å². The molecule has 0 saturated carbocycles. The summed E-state index contributed by atoms with van der Waals surface area (Å²) in [5.74, 6) is 0.621. The second kappa shape index (κ2) is 15.4. The standard InChI is InChI=1S/C57H40N2OSi/c1-6-18-41(19-7-1)45-22-16-23-46(38-45)59(48-36-34-42-32-33-43-35-37-54-56(55(43)53(42)40-48)60-57(58-54)44-20-8-2-9-21-44)47-24-17-31-52(39-47)61(49-25-10-3-11-26-49,50-27-12-4-13-28-50)51-29-14-5-15-30-51/h1-40H. The van der Waals surface area contributed by atoms with E-state index in [2.05, 4.69) is 217 Å². The van der Waals surface area contributed by atoms with Gasteiger partial charge in [-0.25, -0.2) is 4.98 Å². The Morgan fingerprint density at radius 2 is 0.836 bits per heavy atom. The van der Waals surface area contributed by atoms with Gasteiger partial charge < -0.3 is 9.32 Å². The SMILES string of the molecule is c1ccc(-c2cccc(N(c3cccc([Si](c4ccccc4)(c4ccccc4)c4ccccc4)c3)c3ccc4ccc5ccc6nc(-c7ccccc7)oc6c5c4c3)c2)cc1. The number of benzene rings is 10. The highest BCUT2D eigenvalue weighted by molar-refractivity contribution is 7.19. The van der Waals surface area contributed by atoms with E-state index in [1.54, 1.807) is 0 Å². The van der Waals surface area contributed by atoms with Gasteiger partial charge in [-0.05, 0) is 103 Å². The molecule has 0 fully saturated rings. The van der Waals surface area contributed by atoms with Crippen LogP contribution < -0.4 is 25.6 Å². The second-order valence-corrected chi connectivity index (χ2v) is 19.3. The molecule has 0 radical (unpaired) electrons. The maximum absolute atomic E-state index is 6.67. The van der Waals surface area contributed by atoms with Crippen molar-refractivity contribution in [2.24, 2.45) is 0 Å². The molecule has 0 spiro atoms. The average Bonchev–Trinajstić information content (AvgIpc) is 3.79. The van der Waals surface area contributed by atoms with Crippen molar-refractivity contribution >= 4 is 78.5 Å². The zero-order valence-electron chi connectivity index (χ0n) is 33.4. The van der Waals surface area contributed by atoms with Gasteiger partial charge in [0.2, 0.25) is 5.89 Å². The Bertz CT molecular complexity index is 3200. The molecule has 0 aliphatic carbocycles. The maximum atomic E-state index is 6.67. The van der Waals surface area contributed by atoms with Crippen LogP contribution >= 0.6 is 0 Å². The van der Waals surface area contributed by atoms with Crippen LogP contribution in [0.2, 0.25) is 0 Å². The molecule has 1 aromatic heterocycles. The van der Waals surface area contributed by atoms with Crippen molar-refractivity contribution < 1.29 is 4.42 Å². The number of rotatable bonds is 9. The molecule has 0 amide bonds. The Balaban J connectivity index is 1.17. The summed E-state index contributed by atoms with van der Waals surface area (Å²) in [6.45, 7) is 0. The summed E-state index contributed by atoms with van der Waals surface area (Å²) >= 11 is 0. The number of fused-ring (bicyclic) bond motifs is 5.